The lowest BCUT2D eigenvalue weighted by Crippen LogP contribution is -2.23. The fourth-order valence-corrected chi connectivity index (χ4v) is 5.45. The molecular formula is C34H31N5O. The molecule has 0 spiro atoms. The number of fused-ring (bicyclic) bond motifs is 4. The van der Waals surface area contributed by atoms with Crippen LogP contribution < -0.4 is 14.5 Å². The van der Waals surface area contributed by atoms with Crippen molar-refractivity contribution in [3.05, 3.63) is 109 Å². The first-order chi connectivity index (χ1) is 20.6. The van der Waals surface area contributed by atoms with E-state index < -0.39 is 6.98 Å². The predicted octanol–water partition coefficient (Wildman–Crippen LogP) is 8.21. The van der Waals surface area contributed by atoms with Gasteiger partial charge in [0.25, 0.3) is 0 Å². The Labute approximate surface area is 238 Å². The molecule has 0 amide bonds. The van der Waals surface area contributed by atoms with E-state index in [2.05, 4.69) is 66.7 Å². The van der Waals surface area contributed by atoms with Crippen LogP contribution in [0.4, 0.5) is 17.1 Å². The summed E-state index contributed by atoms with van der Waals surface area (Å²) < 4.78 is 32.6. The summed E-state index contributed by atoms with van der Waals surface area (Å²) in [7, 11) is 0. The van der Waals surface area contributed by atoms with Crippen molar-refractivity contribution in [1.82, 2.24) is 14.5 Å². The van der Waals surface area contributed by atoms with Gasteiger partial charge in [0.2, 0.25) is 5.88 Å². The van der Waals surface area contributed by atoms with Crippen LogP contribution in [0.1, 0.15) is 30.4 Å². The molecule has 4 heterocycles. The Morgan fingerprint density at radius 2 is 1.55 bits per heavy atom. The number of ether oxygens (including phenoxy) is 1. The lowest BCUT2D eigenvalue weighted by atomic mass is 9.88. The Kier molecular flexibility index (Phi) is 4.80. The second-order valence-electron chi connectivity index (χ2n) is 11.1. The van der Waals surface area contributed by atoms with E-state index in [0.29, 0.717) is 17.3 Å². The summed E-state index contributed by atoms with van der Waals surface area (Å²) in [6.45, 7) is 4.55. The molecule has 198 valence electrons. The molecule has 6 aromatic rings. The second-order valence-corrected chi connectivity index (χ2v) is 11.1. The van der Waals surface area contributed by atoms with Crippen molar-refractivity contribution >= 4 is 38.9 Å². The van der Waals surface area contributed by atoms with Gasteiger partial charge in [-0.2, -0.15) is 0 Å². The molecule has 0 bridgehead atoms. The lowest BCUT2D eigenvalue weighted by Gasteiger charge is -2.20. The van der Waals surface area contributed by atoms with Gasteiger partial charge in [-0.1, -0.05) is 51.1 Å². The first-order valence-electron chi connectivity index (χ1n) is 14.9. The van der Waals surface area contributed by atoms with E-state index in [1.54, 1.807) is 6.20 Å². The van der Waals surface area contributed by atoms with Crippen LogP contribution in [-0.2, 0) is 5.41 Å². The standard InChI is InChI=1S/C34H31N5O/c1-34(2,3)23-15-17-35-32(19-23)39-28-10-6-5-9-26(28)27-14-13-25(21-31(27)39)40-33-20-24(16-18-36-33)38-22-37(4)29-11-7-8-12-30(29)38/h5-21H,22H2,1-4H3/i4D3. The summed E-state index contributed by atoms with van der Waals surface area (Å²) in [6.07, 6.45) is 3.55. The number of benzene rings is 3. The van der Waals surface area contributed by atoms with Gasteiger partial charge in [0, 0.05) is 52.1 Å². The molecule has 7 rings (SSSR count). The van der Waals surface area contributed by atoms with E-state index in [9.17, 15) is 0 Å². The highest BCUT2D eigenvalue weighted by Gasteiger charge is 2.24. The summed E-state index contributed by atoms with van der Waals surface area (Å²) in [5.41, 5.74) is 5.53. The minimum atomic E-state index is -2.26. The maximum atomic E-state index is 8.02. The topological polar surface area (TPSA) is 46.4 Å². The molecule has 0 saturated carbocycles. The molecule has 6 nitrogen and oxygen atoms in total. The van der Waals surface area contributed by atoms with Crippen molar-refractivity contribution in [3.8, 4) is 17.4 Å². The van der Waals surface area contributed by atoms with Crippen LogP contribution in [0.2, 0.25) is 0 Å². The predicted molar refractivity (Wildman–Crippen MR) is 163 cm³/mol. The van der Waals surface area contributed by atoms with E-state index in [-0.39, 0.29) is 12.1 Å². The number of pyridine rings is 2. The van der Waals surface area contributed by atoms with Gasteiger partial charge in [-0.3, -0.25) is 4.57 Å². The second kappa shape index (κ2) is 9.12. The molecule has 0 N–H and O–H groups in total. The highest BCUT2D eigenvalue weighted by Crippen LogP contribution is 2.41. The van der Waals surface area contributed by atoms with Gasteiger partial charge in [0.15, 0.2) is 0 Å². The molecule has 1 aliphatic rings. The van der Waals surface area contributed by atoms with E-state index in [1.165, 1.54) is 10.5 Å². The molecule has 0 aliphatic carbocycles. The van der Waals surface area contributed by atoms with E-state index in [4.69, 9.17) is 13.8 Å². The van der Waals surface area contributed by atoms with Gasteiger partial charge in [0.05, 0.1) is 29.1 Å². The normalized spacial score (nSPS) is 14.7. The summed E-state index contributed by atoms with van der Waals surface area (Å²) in [5, 5.41) is 2.24. The first-order valence-corrected chi connectivity index (χ1v) is 13.4. The number of hydrogen-bond donors (Lipinski definition) is 0. The molecule has 0 atom stereocenters. The third kappa shape index (κ3) is 4.04. The van der Waals surface area contributed by atoms with Gasteiger partial charge < -0.3 is 14.5 Å². The van der Waals surface area contributed by atoms with Crippen molar-refractivity contribution in [2.24, 2.45) is 0 Å². The van der Waals surface area contributed by atoms with Gasteiger partial charge in [-0.15, -0.1) is 0 Å². The Morgan fingerprint density at radius 3 is 2.40 bits per heavy atom. The molecule has 0 radical (unpaired) electrons. The molecule has 0 saturated heterocycles. The minimum absolute atomic E-state index is 0.0161. The largest absolute Gasteiger partial charge is 0.439 e. The zero-order valence-electron chi connectivity index (χ0n) is 25.7. The zero-order chi connectivity index (χ0) is 29.9. The number of aromatic nitrogens is 3. The Bertz CT molecular complexity index is 1990. The molecule has 3 aromatic carbocycles. The van der Waals surface area contributed by atoms with E-state index >= 15 is 0 Å². The highest BCUT2D eigenvalue weighted by atomic mass is 16.5. The third-order valence-electron chi connectivity index (χ3n) is 7.48. The van der Waals surface area contributed by atoms with E-state index in [1.807, 2.05) is 65.7 Å². The van der Waals surface area contributed by atoms with Gasteiger partial charge in [0.1, 0.15) is 11.6 Å². The van der Waals surface area contributed by atoms with Gasteiger partial charge in [-0.05, 0) is 59.5 Å². The van der Waals surface area contributed by atoms with Crippen LogP contribution in [0, 0.1) is 0 Å². The Balaban J connectivity index is 1.28. The number of nitrogens with zero attached hydrogens (tertiary/aromatic N) is 5. The third-order valence-corrected chi connectivity index (χ3v) is 7.48. The Hall–Kier alpha value is -4.84. The van der Waals surface area contributed by atoms with Crippen molar-refractivity contribution < 1.29 is 8.85 Å². The van der Waals surface area contributed by atoms with Crippen LogP contribution in [0.5, 0.6) is 11.6 Å². The number of para-hydroxylation sites is 3. The van der Waals surface area contributed by atoms with Crippen LogP contribution in [0.25, 0.3) is 27.6 Å². The summed E-state index contributed by atoms with van der Waals surface area (Å²) >= 11 is 0. The summed E-state index contributed by atoms with van der Waals surface area (Å²) in [6, 6.07) is 29.8. The molecular weight excluding hydrogens is 494 g/mol. The van der Waals surface area contributed by atoms with Crippen LogP contribution in [0.15, 0.2) is 103 Å². The first kappa shape index (κ1) is 21.0. The van der Waals surface area contributed by atoms with Crippen molar-refractivity contribution in [2.45, 2.75) is 26.2 Å². The summed E-state index contributed by atoms with van der Waals surface area (Å²) in [5.74, 6) is 1.90. The van der Waals surface area contributed by atoms with Crippen molar-refractivity contribution in [2.75, 3.05) is 23.4 Å². The van der Waals surface area contributed by atoms with E-state index in [0.717, 1.165) is 39.0 Å². The molecule has 1 aliphatic heterocycles. The zero-order valence-corrected chi connectivity index (χ0v) is 22.7. The average Bonchev–Trinajstić information content (AvgIpc) is 3.53. The number of anilines is 3. The fourth-order valence-electron chi connectivity index (χ4n) is 5.45. The highest BCUT2D eigenvalue weighted by molar-refractivity contribution is 6.09. The monoisotopic (exact) mass is 528 g/mol. The van der Waals surface area contributed by atoms with Crippen LogP contribution in [0.3, 0.4) is 0 Å². The van der Waals surface area contributed by atoms with Crippen molar-refractivity contribution in [3.63, 3.8) is 0 Å². The summed E-state index contributed by atoms with van der Waals surface area (Å²) in [4.78, 5) is 12.6. The molecule has 40 heavy (non-hydrogen) atoms. The van der Waals surface area contributed by atoms with Crippen molar-refractivity contribution in [1.29, 1.82) is 0 Å². The average molecular weight is 529 g/mol. The Morgan fingerprint density at radius 1 is 0.775 bits per heavy atom. The maximum Gasteiger partial charge on any atom is 0.221 e. The molecule has 0 fully saturated rings. The number of hydrogen-bond acceptors (Lipinski definition) is 5. The SMILES string of the molecule is [2H]C([2H])([2H])N1CN(c2ccnc(Oc3ccc4c5ccccc5n(-c5cc(C(C)(C)C)ccn5)c4c3)c2)c2ccccc21. The number of rotatable bonds is 4. The lowest BCUT2D eigenvalue weighted by molar-refractivity contribution is 0.463. The molecule has 0 unspecified atom stereocenters. The maximum absolute atomic E-state index is 8.02. The molecule has 6 heteroatoms. The van der Waals surface area contributed by atoms with Gasteiger partial charge >= 0.3 is 0 Å². The van der Waals surface area contributed by atoms with Crippen LogP contribution >= 0.6 is 0 Å². The fraction of sp³-hybridized carbons (Fsp3) is 0.176. The van der Waals surface area contributed by atoms with Crippen LogP contribution in [-0.4, -0.2) is 28.2 Å². The minimum Gasteiger partial charge on any atom is -0.439 e. The smallest absolute Gasteiger partial charge is 0.221 e. The molecule has 3 aromatic heterocycles. The van der Waals surface area contributed by atoms with Gasteiger partial charge in [-0.25, -0.2) is 9.97 Å². The quantitative estimate of drug-likeness (QED) is 0.231.